The van der Waals surface area contributed by atoms with Gasteiger partial charge in [-0.2, -0.15) is 0 Å². The highest BCUT2D eigenvalue weighted by Crippen LogP contribution is 2.13. The number of hydrogen-bond donors (Lipinski definition) is 0. The molecule has 372 valence electrons. The van der Waals surface area contributed by atoms with E-state index < -0.39 is 6.10 Å². The zero-order valence-electron chi connectivity index (χ0n) is 42.4. The average molecular weight is 913 g/mol. The van der Waals surface area contributed by atoms with Crippen LogP contribution >= 0.6 is 0 Å². The molecule has 6 heteroatoms. The van der Waals surface area contributed by atoms with Crippen LogP contribution in [0, 0.1) is 0 Å². The van der Waals surface area contributed by atoms with Crippen LogP contribution in [0.15, 0.2) is 122 Å². The lowest BCUT2D eigenvalue weighted by Gasteiger charge is -2.18. The standard InChI is InChI=1S/C60H96O6/c1-4-7-10-13-16-19-22-25-28-29-30-31-33-35-38-41-44-47-50-53-59(62)65-56-57(55-64-58(61)52-49-46-43-40-37-34-27-24-21-18-15-12-9-6-3)66-60(63)54-51-48-45-42-39-36-32-26-23-20-17-14-11-8-5-2/h7-8,10-11,16-17,19-20,24-28,30-32,35,38,44,47,57H,4-6,9,12-15,18,21-23,29,33-34,36-37,39-43,45-46,48-56H2,1-3H3/b10-7+,11-8+,19-16+,20-17+,27-24+,28-25+,31-30+,32-26+,38-35+,47-44+/t57-/m1/s1. The molecule has 0 aromatic heterocycles. The van der Waals surface area contributed by atoms with E-state index in [1.54, 1.807) is 0 Å². The van der Waals surface area contributed by atoms with Crippen LogP contribution in [0.1, 0.15) is 220 Å². The van der Waals surface area contributed by atoms with Gasteiger partial charge in [0.1, 0.15) is 13.2 Å². The molecule has 0 bridgehead atoms. The van der Waals surface area contributed by atoms with Gasteiger partial charge < -0.3 is 14.2 Å². The summed E-state index contributed by atoms with van der Waals surface area (Å²) < 4.78 is 16.7. The lowest BCUT2D eigenvalue weighted by molar-refractivity contribution is -0.166. The van der Waals surface area contributed by atoms with Gasteiger partial charge >= 0.3 is 17.9 Å². The highest BCUT2D eigenvalue weighted by atomic mass is 16.6. The Labute approximate surface area is 405 Å². The van der Waals surface area contributed by atoms with Gasteiger partial charge in [-0.3, -0.25) is 14.4 Å². The van der Waals surface area contributed by atoms with Gasteiger partial charge in [0.15, 0.2) is 6.10 Å². The van der Waals surface area contributed by atoms with Crippen molar-refractivity contribution >= 4 is 17.9 Å². The van der Waals surface area contributed by atoms with Crippen LogP contribution in [-0.4, -0.2) is 37.2 Å². The van der Waals surface area contributed by atoms with E-state index in [0.717, 1.165) is 128 Å². The molecule has 1 atom stereocenters. The fraction of sp³-hybridized carbons (Fsp3) is 0.617. The molecule has 6 nitrogen and oxygen atoms in total. The third-order valence-corrected chi connectivity index (χ3v) is 10.7. The zero-order chi connectivity index (χ0) is 47.9. The van der Waals surface area contributed by atoms with E-state index in [-0.39, 0.29) is 44.0 Å². The first-order valence-electron chi connectivity index (χ1n) is 26.5. The summed E-state index contributed by atoms with van der Waals surface area (Å²) >= 11 is 0. The first-order chi connectivity index (χ1) is 32.5. The van der Waals surface area contributed by atoms with Crippen molar-refractivity contribution in [1.29, 1.82) is 0 Å². The molecule has 0 N–H and O–H groups in total. The summed E-state index contributed by atoms with van der Waals surface area (Å²) in [5.41, 5.74) is 0. The van der Waals surface area contributed by atoms with Gasteiger partial charge in [0.2, 0.25) is 0 Å². The van der Waals surface area contributed by atoms with Gasteiger partial charge in [-0.1, -0.05) is 206 Å². The van der Waals surface area contributed by atoms with Gasteiger partial charge in [0, 0.05) is 19.3 Å². The largest absolute Gasteiger partial charge is 0.462 e. The highest BCUT2D eigenvalue weighted by molar-refractivity contribution is 5.71. The van der Waals surface area contributed by atoms with Crippen LogP contribution in [0.5, 0.6) is 0 Å². The average Bonchev–Trinajstić information content (AvgIpc) is 3.31. The number of rotatable bonds is 46. The molecule has 0 aliphatic rings. The number of hydrogen-bond acceptors (Lipinski definition) is 6. The number of carbonyl (C=O) groups excluding carboxylic acids is 3. The molecule has 0 rings (SSSR count). The van der Waals surface area contributed by atoms with Gasteiger partial charge in [0.25, 0.3) is 0 Å². The van der Waals surface area contributed by atoms with Crippen LogP contribution < -0.4 is 0 Å². The highest BCUT2D eigenvalue weighted by Gasteiger charge is 2.19. The second kappa shape index (κ2) is 53.4. The molecule has 0 aliphatic heterocycles. The molecule has 0 amide bonds. The monoisotopic (exact) mass is 913 g/mol. The first-order valence-corrected chi connectivity index (χ1v) is 26.5. The van der Waals surface area contributed by atoms with E-state index in [4.69, 9.17) is 14.2 Å². The summed E-state index contributed by atoms with van der Waals surface area (Å²) in [4.78, 5) is 38.0. The Kier molecular flexibility index (Phi) is 50.0. The van der Waals surface area contributed by atoms with Crippen LogP contribution in [0.25, 0.3) is 0 Å². The normalized spacial score (nSPS) is 13.1. The topological polar surface area (TPSA) is 78.9 Å². The van der Waals surface area contributed by atoms with E-state index in [9.17, 15) is 14.4 Å². The predicted octanol–water partition coefficient (Wildman–Crippen LogP) is 17.7. The summed E-state index contributed by atoms with van der Waals surface area (Å²) in [5.74, 6) is -1.04. The minimum atomic E-state index is -0.824. The summed E-state index contributed by atoms with van der Waals surface area (Å²) in [6.07, 6.45) is 73.3. The van der Waals surface area contributed by atoms with Crippen molar-refractivity contribution in [2.24, 2.45) is 0 Å². The Balaban J connectivity index is 4.56. The minimum Gasteiger partial charge on any atom is -0.462 e. The molecule has 0 aromatic carbocycles. The third kappa shape index (κ3) is 50.8. The van der Waals surface area contributed by atoms with Crippen molar-refractivity contribution in [2.75, 3.05) is 13.2 Å². The molecule has 0 saturated carbocycles. The van der Waals surface area contributed by atoms with Gasteiger partial charge in [-0.15, -0.1) is 0 Å². The number of allylic oxidation sites excluding steroid dienone is 20. The molecule has 0 spiro atoms. The number of unbranched alkanes of at least 4 members (excludes halogenated alkanes) is 15. The van der Waals surface area contributed by atoms with E-state index in [0.29, 0.717) is 12.8 Å². The zero-order valence-corrected chi connectivity index (χ0v) is 42.4. The van der Waals surface area contributed by atoms with Crippen molar-refractivity contribution in [2.45, 2.75) is 226 Å². The second-order valence-electron chi connectivity index (χ2n) is 17.0. The Morgan fingerprint density at radius 2 is 0.621 bits per heavy atom. The van der Waals surface area contributed by atoms with E-state index in [1.165, 1.54) is 44.9 Å². The SMILES string of the molecule is CC/C=C/C/C=C/C/C=C/C/C=C/C/C=C/C/C=C/CCC(=O)OC[C@@H](COC(=O)CCCCCCC/C=C/CCCCCCC)OC(=O)CCCCCCC/C=C/C/C=C/C/C=C/CC. The molecular weight excluding hydrogens is 817 g/mol. The van der Waals surface area contributed by atoms with Crippen molar-refractivity contribution in [3.05, 3.63) is 122 Å². The first kappa shape index (κ1) is 61.8. The van der Waals surface area contributed by atoms with Gasteiger partial charge in [-0.05, 0) is 116 Å². The fourth-order valence-corrected chi connectivity index (χ4v) is 6.77. The maximum atomic E-state index is 12.8. The lowest BCUT2D eigenvalue weighted by Crippen LogP contribution is -2.30. The molecule has 0 radical (unpaired) electrons. The maximum Gasteiger partial charge on any atom is 0.306 e. The third-order valence-electron chi connectivity index (χ3n) is 10.7. The predicted molar refractivity (Wildman–Crippen MR) is 283 cm³/mol. The number of esters is 3. The van der Waals surface area contributed by atoms with Crippen LogP contribution in [0.3, 0.4) is 0 Å². The van der Waals surface area contributed by atoms with Gasteiger partial charge in [-0.25, -0.2) is 0 Å². The summed E-state index contributed by atoms with van der Waals surface area (Å²) in [7, 11) is 0. The van der Waals surface area contributed by atoms with Crippen molar-refractivity contribution < 1.29 is 28.6 Å². The van der Waals surface area contributed by atoms with Crippen molar-refractivity contribution in [3.63, 3.8) is 0 Å². The summed E-state index contributed by atoms with van der Waals surface area (Å²) in [5, 5.41) is 0. The Morgan fingerprint density at radius 1 is 0.318 bits per heavy atom. The quantitative estimate of drug-likeness (QED) is 0.0262. The minimum absolute atomic E-state index is 0.116. The van der Waals surface area contributed by atoms with Crippen molar-refractivity contribution in [1.82, 2.24) is 0 Å². The molecule has 0 unspecified atom stereocenters. The molecular formula is C60H96O6. The number of carbonyl (C=O) groups is 3. The molecule has 0 aliphatic carbocycles. The van der Waals surface area contributed by atoms with Crippen molar-refractivity contribution in [3.8, 4) is 0 Å². The summed E-state index contributed by atoms with van der Waals surface area (Å²) in [6.45, 7) is 6.30. The van der Waals surface area contributed by atoms with Crippen LogP contribution in [0.2, 0.25) is 0 Å². The van der Waals surface area contributed by atoms with Crippen LogP contribution in [0.4, 0.5) is 0 Å². The molecule has 0 heterocycles. The van der Waals surface area contributed by atoms with Gasteiger partial charge in [0.05, 0.1) is 0 Å². The van der Waals surface area contributed by atoms with E-state index >= 15 is 0 Å². The second-order valence-corrected chi connectivity index (χ2v) is 17.0. The fourth-order valence-electron chi connectivity index (χ4n) is 6.77. The summed E-state index contributed by atoms with van der Waals surface area (Å²) in [6, 6.07) is 0. The maximum absolute atomic E-state index is 12.8. The Hall–Kier alpha value is -4.19. The molecule has 66 heavy (non-hydrogen) atoms. The van der Waals surface area contributed by atoms with Crippen LogP contribution in [-0.2, 0) is 28.6 Å². The number of ether oxygens (including phenoxy) is 3. The molecule has 0 saturated heterocycles. The Morgan fingerprint density at radius 3 is 1.03 bits per heavy atom. The lowest BCUT2D eigenvalue weighted by atomic mass is 10.1. The molecule has 0 aromatic rings. The van der Waals surface area contributed by atoms with E-state index in [1.807, 2.05) is 12.2 Å². The van der Waals surface area contributed by atoms with E-state index in [2.05, 4.69) is 130 Å². The Bertz CT molecular complexity index is 1420. The smallest absolute Gasteiger partial charge is 0.306 e. The molecule has 0 fully saturated rings.